The highest BCUT2D eigenvalue weighted by molar-refractivity contribution is 6.15. The van der Waals surface area contributed by atoms with Crippen molar-refractivity contribution >= 4 is 29.2 Å². The molecule has 2 atom stereocenters. The molecule has 6 rings (SSSR count). The predicted molar refractivity (Wildman–Crippen MR) is 185 cm³/mol. The standard InChI is InChI=1S/C36H42N8O3.2H2/c1-3-25(23-42-17-9-18-42)34(45)38-22-24-10-8-11-26(20-24)31-29(21-37)33(39-27-12-6-5-7-13-27)43(4-2)36(47)32(31)40-35(46)30-16-19-44(41-30)28-14-15-28;;/h3,5-8,10-13,16,19-21,28,31-32H,4,9,14-15,17-18,22-23,37H2,1-2H3,(H,38,45)(H,40,46);2*1H/b25-3+,29-21-,39-33?;;/t31-,32+;;/m1../s1. The minimum atomic E-state index is -0.978. The van der Waals surface area contributed by atoms with Gasteiger partial charge in [0.05, 0.1) is 11.7 Å². The molecule has 2 aliphatic heterocycles. The molecular formula is C36H46N8O3. The number of carbonyl (C=O) groups is 3. The summed E-state index contributed by atoms with van der Waals surface area (Å²) in [6.07, 6.45) is 8.39. The Kier molecular flexibility index (Phi) is 9.63. The summed E-state index contributed by atoms with van der Waals surface area (Å²) in [7, 11) is 0. The summed E-state index contributed by atoms with van der Waals surface area (Å²) in [6.45, 7) is 7.03. The molecule has 248 valence electrons. The molecule has 1 aromatic heterocycles. The molecule has 47 heavy (non-hydrogen) atoms. The van der Waals surface area contributed by atoms with Crippen LogP contribution in [0.1, 0.15) is 69.5 Å². The molecule has 0 radical (unpaired) electrons. The van der Waals surface area contributed by atoms with Gasteiger partial charge in [-0.05, 0) is 75.5 Å². The zero-order valence-corrected chi connectivity index (χ0v) is 26.9. The van der Waals surface area contributed by atoms with Crippen LogP contribution in [0.15, 0.2) is 95.3 Å². The fourth-order valence-electron chi connectivity index (χ4n) is 6.12. The van der Waals surface area contributed by atoms with Crippen LogP contribution in [0.25, 0.3) is 0 Å². The number of hydrogen-bond acceptors (Lipinski definition) is 7. The third-order valence-electron chi connectivity index (χ3n) is 9.00. The van der Waals surface area contributed by atoms with Gasteiger partial charge in [-0.25, -0.2) is 4.99 Å². The number of hydrogen-bond donors (Lipinski definition) is 3. The van der Waals surface area contributed by atoms with E-state index in [4.69, 9.17) is 10.7 Å². The Bertz CT molecular complexity index is 1730. The van der Waals surface area contributed by atoms with E-state index in [-0.39, 0.29) is 20.4 Å². The summed E-state index contributed by atoms with van der Waals surface area (Å²) in [5.41, 5.74) is 10.2. The van der Waals surface area contributed by atoms with Crippen LogP contribution < -0.4 is 16.4 Å². The Morgan fingerprint density at radius 3 is 2.55 bits per heavy atom. The van der Waals surface area contributed by atoms with Crippen LogP contribution in [-0.2, 0) is 16.1 Å². The molecule has 11 nitrogen and oxygen atoms in total. The van der Waals surface area contributed by atoms with Crippen molar-refractivity contribution in [2.75, 3.05) is 26.2 Å². The van der Waals surface area contributed by atoms with Crippen LogP contribution in [0.2, 0.25) is 0 Å². The van der Waals surface area contributed by atoms with Crippen LogP contribution in [0.5, 0.6) is 0 Å². The van der Waals surface area contributed by atoms with Crippen molar-refractivity contribution in [3.05, 3.63) is 107 Å². The molecule has 3 heterocycles. The van der Waals surface area contributed by atoms with E-state index >= 15 is 0 Å². The van der Waals surface area contributed by atoms with E-state index in [2.05, 4.69) is 20.6 Å². The van der Waals surface area contributed by atoms with Gasteiger partial charge in [0.25, 0.3) is 11.8 Å². The number of nitrogens with two attached hydrogens (primary N) is 1. The maximum absolute atomic E-state index is 14.3. The summed E-state index contributed by atoms with van der Waals surface area (Å²) < 4.78 is 1.81. The number of carbonyl (C=O) groups excluding carboxylic acids is 3. The minimum Gasteiger partial charge on any atom is -0.404 e. The van der Waals surface area contributed by atoms with Crippen molar-refractivity contribution in [3.8, 4) is 0 Å². The van der Waals surface area contributed by atoms with Crippen LogP contribution in [0.4, 0.5) is 5.69 Å². The highest BCUT2D eigenvalue weighted by Gasteiger charge is 2.45. The third-order valence-corrected chi connectivity index (χ3v) is 9.00. The van der Waals surface area contributed by atoms with Gasteiger partial charge in [-0.2, -0.15) is 5.10 Å². The van der Waals surface area contributed by atoms with E-state index in [0.29, 0.717) is 42.8 Å². The van der Waals surface area contributed by atoms with E-state index in [1.54, 1.807) is 17.2 Å². The van der Waals surface area contributed by atoms with Gasteiger partial charge in [-0.15, -0.1) is 0 Å². The SMILES string of the molecule is C/C=C(\CN1CCC1)C(=O)NCc1cccc([C@@H]2/C(=C/N)C(=Nc3ccccc3)N(CC)C(=O)[C@H]2NC(=O)c2ccn(C3CC3)n2)c1.[HH].[HH]. The quantitative estimate of drug-likeness (QED) is 0.268. The lowest BCUT2D eigenvalue weighted by Gasteiger charge is -2.40. The number of amidine groups is 1. The largest absolute Gasteiger partial charge is 0.404 e. The normalized spacial score (nSPS) is 22.0. The Morgan fingerprint density at radius 1 is 1.11 bits per heavy atom. The number of amides is 3. The Hall–Kier alpha value is -5.03. The number of likely N-dealkylation sites (tertiary alicyclic amines) is 2. The van der Waals surface area contributed by atoms with Gasteiger partial charge < -0.3 is 16.4 Å². The zero-order valence-electron chi connectivity index (χ0n) is 26.9. The second-order valence-corrected chi connectivity index (χ2v) is 12.2. The highest BCUT2D eigenvalue weighted by Crippen LogP contribution is 2.37. The molecule has 3 aliphatic rings. The van der Waals surface area contributed by atoms with E-state index in [0.717, 1.165) is 49.1 Å². The molecule has 1 aliphatic carbocycles. The molecule has 3 amide bonds. The Morgan fingerprint density at radius 2 is 1.89 bits per heavy atom. The summed E-state index contributed by atoms with van der Waals surface area (Å²) in [5.74, 6) is -1.06. The van der Waals surface area contributed by atoms with Gasteiger partial charge in [0.1, 0.15) is 17.6 Å². The van der Waals surface area contributed by atoms with Crippen molar-refractivity contribution in [1.29, 1.82) is 0 Å². The number of likely N-dealkylation sites (N-methyl/N-ethyl adjacent to an activating group) is 1. The number of nitrogens with zero attached hydrogens (tertiary/aromatic N) is 5. The molecule has 11 heteroatoms. The number of allylic oxidation sites excluding steroid dienone is 1. The van der Waals surface area contributed by atoms with E-state index in [9.17, 15) is 14.4 Å². The van der Waals surface area contributed by atoms with Crippen molar-refractivity contribution in [1.82, 2.24) is 30.2 Å². The van der Waals surface area contributed by atoms with Crippen molar-refractivity contribution < 1.29 is 17.2 Å². The van der Waals surface area contributed by atoms with Gasteiger partial charge in [0, 0.05) is 51.9 Å². The molecule has 0 unspecified atom stereocenters. The second-order valence-electron chi connectivity index (χ2n) is 12.2. The number of aromatic nitrogens is 2. The summed E-state index contributed by atoms with van der Waals surface area (Å²) in [4.78, 5) is 49.6. The van der Waals surface area contributed by atoms with Crippen molar-refractivity contribution in [2.45, 2.75) is 57.7 Å². The van der Waals surface area contributed by atoms with E-state index in [1.807, 2.05) is 79.2 Å². The molecule has 2 aromatic carbocycles. The van der Waals surface area contributed by atoms with E-state index < -0.39 is 17.9 Å². The third kappa shape index (κ3) is 7.05. The Balaban J connectivity index is 0.00000270. The van der Waals surface area contributed by atoms with Crippen LogP contribution in [0, 0.1) is 0 Å². The molecule has 3 aromatic rings. The van der Waals surface area contributed by atoms with Crippen LogP contribution in [-0.4, -0.2) is 75.4 Å². The first-order valence-electron chi connectivity index (χ1n) is 16.4. The predicted octanol–water partition coefficient (Wildman–Crippen LogP) is 4.30. The summed E-state index contributed by atoms with van der Waals surface area (Å²) in [5, 5.41) is 10.5. The van der Waals surface area contributed by atoms with Crippen LogP contribution >= 0.6 is 0 Å². The number of benzene rings is 2. The van der Waals surface area contributed by atoms with Gasteiger partial charge >= 0.3 is 0 Å². The maximum atomic E-state index is 14.3. The smallest absolute Gasteiger partial charge is 0.272 e. The van der Waals surface area contributed by atoms with Crippen molar-refractivity contribution in [3.63, 3.8) is 0 Å². The number of nitrogens with one attached hydrogen (secondary N) is 2. The zero-order chi connectivity index (χ0) is 32.9. The number of piperidine rings is 1. The first kappa shape index (κ1) is 31.9. The van der Waals surface area contributed by atoms with Gasteiger partial charge in [0.15, 0.2) is 0 Å². The molecule has 0 spiro atoms. The fourth-order valence-corrected chi connectivity index (χ4v) is 6.12. The van der Waals surface area contributed by atoms with Crippen LogP contribution in [0.3, 0.4) is 0 Å². The minimum absolute atomic E-state index is 0. The molecular weight excluding hydrogens is 592 g/mol. The molecule has 2 saturated heterocycles. The van der Waals surface area contributed by atoms with Gasteiger partial charge in [-0.3, -0.25) is 28.9 Å². The average molecular weight is 639 g/mol. The lowest BCUT2D eigenvalue weighted by molar-refractivity contribution is -0.130. The number of rotatable bonds is 11. The Labute approximate surface area is 278 Å². The molecule has 1 saturated carbocycles. The molecule has 4 N–H and O–H groups in total. The monoisotopic (exact) mass is 638 g/mol. The first-order chi connectivity index (χ1) is 22.9. The maximum Gasteiger partial charge on any atom is 0.272 e. The van der Waals surface area contributed by atoms with Crippen molar-refractivity contribution in [2.24, 2.45) is 10.7 Å². The van der Waals surface area contributed by atoms with Gasteiger partial charge in [0.2, 0.25) is 5.91 Å². The highest BCUT2D eigenvalue weighted by atomic mass is 16.2. The van der Waals surface area contributed by atoms with Gasteiger partial charge in [-0.1, -0.05) is 48.5 Å². The second kappa shape index (κ2) is 14.2. The molecule has 0 bridgehead atoms. The van der Waals surface area contributed by atoms with E-state index in [1.165, 1.54) is 6.20 Å². The lowest BCUT2D eigenvalue weighted by atomic mass is 9.79. The molecule has 3 fully saturated rings. The summed E-state index contributed by atoms with van der Waals surface area (Å²) in [6, 6.07) is 18.1. The topological polar surface area (TPSA) is 138 Å². The number of para-hydroxylation sites is 1. The number of aliphatic imine (C=N–C) groups is 1. The first-order valence-corrected chi connectivity index (χ1v) is 16.4. The average Bonchev–Trinajstić information content (AvgIpc) is 3.80. The lowest BCUT2D eigenvalue weighted by Crippen LogP contribution is -2.59. The fraction of sp³-hybridized carbons (Fsp3) is 0.361. The summed E-state index contributed by atoms with van der Waals surface area (Å²) >= 11 is 0.